The number of aromatic nitrogens is 1. The molecule has 0 bridgehead atoms. The summed E-state index contributed by atoms with van der Waals surface area (Å²) in [6.07, 6.45) is 4.84. The number of hydrogen-bond donors (Lipinski definition) is 1. The number of carbonyl (C=O) groups excluding carboxylic acids is 1. The number of amides is 1. The molecule has 1 aliphatic carbocycles. The molecule has 3 aromatic rings. The van der Waals surface area contributed by atoms with E-state index in [2.05, 4.69) is 28.2 Å². The summed E-state index contributed by atoms with van der Waals surface area (Å²) in [5.74, 6) is 0.0148. The lowest BCUT2D eigenvalue weighted by Crippen LogP contribution is -2.45. The van der Waals surface area contributed by atoms with Gasteiger partial charge in [-0.05, 0) is 73.8 Å². The smallest absolute Gasteiger partial charge is 0.252 e. The van der Waals surface area contributed by atoms with Crippen LogP contribution < -0.4 is 5.32 Å². The van der Waals surface area contributed by atoms with Crippen molar-refractivity contribution in [1.29, 1.82) is 0 Å². The van der Waals surface area contributed by atoms with Gasteiger partial charge in [-0.3, -0.25) is 4.79 Å². The summed E-state index contributed by atoms with van der Waals surface area (Å²) in [7, 11) is 2.17. The quantitative estimate of drug-likeness (QED) is 0.524. The van der Waals surface area contributed by atoms with Gasteiger partial charge in [0.05, 0.1) is 16.8 Å². The Morgan fingerprint density at radius 1 is 1.06 bits per heavy atom. The number of fused-ring (bicyclic) bond motifs is 2. The van der Waals surface area contributed by atoms with E-state index in [1.165, 1.54) is 5.57 Å². The fourth-order valence-electron chi connectivity index (χ4n) is 4.96. The molecule has 1 N–H and O–H groups in total. The third-order valence-corrected chi connectivity index (χ3v) is 7.16. The summed E-state index contributed by atoms with van der Waals surface area (Å²) in [4.78, 5) is 23.2. The minimum atomic E-state index is 0.0148. The Balaban J connectivity index is 1.36. The summed E-state index contributed by atoms with van der Waals surface area (Å²) in [5, 5.41) is 4.86. The van der Waals surface area contributed by atoms with Crippen LogP contribution in [0.5, 0.6) is 0 Å². The first-order chi connectivity index (χ1) is 16.6. The summed E-state index contributed by atoms with van der Waals surface area (Å²) >= 11 is 6.05. The first-order valence-corrected chi connectivity index (χ1v) is 12.5. The molecule has 34 heavy (non-hydrogen) atoms. The van der Waals surface area contributed by atoms with Crippen LogP contribution in [0.15, 0.2) is 48.5 Å². The van der Waals surface area contributed by atoms with Gasteiger partial charge in [-0.1, -0.05) is 41.9 Å². The summed E-state index contributed by atoms with van der Waals surface area (Å²) in [6.45, 7) is 6.16. The molecule has 0 radical (unpaired) electrons. The van der Waals surface area contributed by atoms with Crippen LogP contribution in [0.4, 0.5) is 0 Å². The van der Waals surface area contributed by atoms with E-state index in [-0.39, 0.29) is 5.91 Å². The summed E-state index contributed by atoms with van der Waals surface area (Å²) < 4.78 is 0. The average Bonchev–Trinajstić information content (AvgIpc) is 3.24. The number of benzene rings is 2. The van der Waals surface area contributed by atoms with Crippen molar-refractivity contribution in [3.05, 3.63) is 75.9 Å². The number of hydrogen-bond acceptors (Lipinski definition) is 4. The van der Waals surface area contributed by atoms with E-state index >= 15 is 0 Å². The summed E-state index contributed by atoms with van der Waals surface area (Å²) in [6, 6.07) is 15.8. The molecule has 6 heteroatoms. The van der Waals surface area contributed by atoms with Gasteiger partial charge >= 0.3 is 0 Å². The zero-order valence-electron chi connectivity index (χ0n) is 19.7. The molecule has 1 amide bonds. The van der Waals surface area contributed by atoms with Gasteiger partial charge in [-0.25, -0.2) is 4.98 Å². The number of carbonyl (C=O) groups is 1. The van der Waals surface area contributed by atoms with Crippen LogP contribution in [0.2, 0.25) is 5.02 Å². The van der Waals surface area contributed by atoms with E-state index in [1.807, 2.05) is 48.5 Å². The minimum Gasteiger partial charge on any atom is -0.352 e. The topological polar surface area (TPSA) is 48.5 Å². The molecule has 2 heterocycles. The maximum atomic E-state index is 13.4. The van der Waals surface area contributed by atoms with Crippen molar-refractivity contribution in [3.8, 4) is 0 Å². The van der Waals surface area contributed by atoms with Crippen LogP contribution in [-0.2, 0) is 6.42 Å². The van der Waals surface area contributed by atoms with Gasteiger partial charge < -0.3 is 15.1 Å². The second-order valence-corrected chi connectivity index (χ2v) is 9.74. The van der Waals surface area contributed by atoms with E-state index < -0.39 is 0 Å². The predicted octanol–water partition coefficient (Wildman–Crippen LogP) is 4.74. The minimum absolute atomic E-state index is 0.0148. The number of allylic oxidation sites excluding steroid dienone is 1. The van der Waals surface area contributed by atoms with Gasteiger partial charge in [0.2, 0.25) is 0 Å². The van der Waals surface area contributed by atoms with E-state index in [0.29, 0.717) is 6.54 Å². The molecule has 0 unspecified atom stereocenters. The normalized spacial score (nSPS) is 17.9. The van der Waals surface area contributed by atoms with E-state index in [0.717, 1.165) is 90.3 Å². The molecule has 0 spiro atoms. The highest BCUT2D eigenvalue weighted by atomic mass is 35.5. The van der Waals surface area contributed by atoms with E-state index in [4.69, 9.17) is 16.6 Å². The molecular weight excluding hydrogens is 444 g/mol. The molecule has 5 rings (SSSR count). The van der Waals surface area contributed by atoms with Crippen molar-refractivity contribution in [2.24, 2.45) is 0 Å². The van der Waals surface area contributed by atoms with Crippen molar-refractivity contribution < 1.29 is 4.79 Å². The third kappa shape index (κ3) is 5.02. The Hall–Kier alpha value is -2.73. The Labute approximate surface area is 206 Å². The van der Waals surface area contributed by atoms with Crippen LogP contribution in [0.3, 0.4) is 0 Å². The van der Waals surface area contributed by atoms with Crippen LogP contribution in [0.25, 0.3) is 22.6 Å². The molecule has 176 valence electrons. The Morgan fingerprint density at radius 3 is 2.62 bits per heavy atom. The van der Waals surface area contributed by atoms with Crippen molar-refractivity contribution in [2.45, 2.75) is 19.3 Å². The number of nitrogens with zero attached hydrogens (tertiary/aromatic N) is 3. The Kier molecular flexibility index (Phi) is 6.95. The molecular formula is C28H31ClN4O. The van der Waals surface area contributed by atoms with Gasteiger partial charge in [0.15, 0.2) is 0 Å². The van der Waals surface area contributed by atoms with Gasteiger partial charge in [0, 0.05) is 43.1 Å². The van der Waals surface area contributed by atoms with Crippen molar-refractivity contribution in [2.75, 3.05) is 46.3 Å². The highest BCUT2D eigenvalue weighted by Gasteiger charge is 2.26. The number of rotatable bonds is 6. The van der Waals surface area contributed by atoms with Crippen molar-refractivity contribution in [3.63, 3.8) is 0 Å². The standard InChI is InChI=1S/C28H31ClN4O/c1-32-15-17-33(18-16-32)14-4-13-30-28(34)26-23-5-2-3-6-25(23)31-27-21(9-12-24(26)27)19-20-7-10-22(29)11-8-20/h2-3,5-8,10-11,19H,4,9,12-18H2,1H3,(H,30,34). The molecule has 1 fully saturated rings. The second kappa shape index (κ2) is 10.3. The van der Waals surface area contributed by atoms with Gasteiger partial charge in [0.25, 0.3) is 5.91 Å². The number of halogens is 1. The van der Waals surface area contributed by atoms with Crippen LogP contribution in [0.1, 0.15) is 40.0 Å². The summed E-state index contributed by atoms with van der Waals surface area (Å²) in [5.41, 5.74) is 5.95. The van der Waals surface area contributed by atoms with Crippen LogP contribution >= 0.6 is 11.6 Å². The largest absolute Gasteiger partial charge is 0.352 e. The maximum Gasteiger partial charge on any atom is 0.252 e. The lowest BCUT2D eigenvalue weighted by molar-refractivity contribution is 0.0950. The SMILES string of the molecule is CN1CCN(CCCNC(=O)c2c3c(nc4ccccc24)C(=Cc2ccc(Cl)cc2)CC3)CC1. The highest BCUT2D eigenvalue weighted by molar-refractivity contribution is 6.30. The zero-order valence-corrected chi connectivity index (χ0v) is 20.4. The molecule has 2 aliphatic rings. The maximum absolute atomic E-state index is 13.4. The first kappa shape index (κ1) is 23.0. The molecule has 1 aromatic heterocycles. The van der Waals surface area contributed by atoms with Crippen molar-refractivity contribution >= 4 is 40.1 Å². The molecule has 2 aromatic carbocycles. The average molecular weight is 475 g/mol. The Bertz CT molecular complexity index is 1210. The van der Waals surface area contributed by atoms with Crippen molar-refractivity contribution in [1.82, 2.24) is 20.1 Å². The lowest BCUT2D eigenvalue weighted by Gasteiger charge is -2.32. The first-order valence-electron chi connectivity index (χ1n) is 12.2. The number of para-hydroxylation sites is 1. The molecule has 1 aliphatic heterocycles. The molecule has 1 saturated heterocycles. The van der Waals surface area contributed by atoms with E-state index in [9.17, 15) is 4.79 Å². The lowest BCUT2D eigenvalue weighted by atomic mass is 10.00. The Morgan fingerprint density at radius 2 is 1.82 bits per heavy atom. The molecule has 5 nitrogen and oxygen atoms in total. The monoisotopic (exact) mass is 474 g/mol. The van der Waals surface area contributed by atoms with Crippen LogP contribution in [0, 0.1) is 0 Å². The fourth-order valence-corrected chi connectivity index (χ4v) is 5.09. The molecule has 0 saturated carbocycles. The predicted molar refractivity (Wildman–Crippen MR) is 140 cm³/mol. The fraction of sp³-hybridized carbons (Fsp3) is 0.357. The second-order valence-electron chi connectivity index (χ2n) is 9.31. The van der Waals surface area contributed by atoms with Gasteiger partial charge in [-0.2, -0.15) is 0 Å². The van der Waals surface area contributed by atoms with Gasteiger partial charge in [0.1, 0.15) is 0 Å². The number of nitrogens with one attached hydrogen (secondary N) is 1. The number of piperazine rings is 1. The van der Waals surface area contributed by atoms with Crippen LogP contribution in [-0.4, -0.2) is 67.0 Å². The number of likely N-dealkylation sites (N-methyl/N-ethyl adjacent to an activating group) is 1. The van der Waals surface area contributed by atoms with Gasteiger partial charge in [-0.15, -0.1) is 0 Å². The highest BCUT2D eigenvalue weighted by Crippen LogP contribution is 2.37. The third-order valence-electron chi connectivity index (χ3n) is 6.91. The number of pyridine rings is 1. The molecule has 0 atom stereocenters. The van der Waals surface area contributed by atoms with E-state index in [1.54, 1.807) is 0 Å². The zero-order chi connectivity index (χ0) is 23.5.